The lowest BCUT2D eigenvalue weighted by Gasteiger charge is -2.14. The number of nitrogens with zero attached hydrogens (tertiary/aromatic N) is 1. The lowest BCUT2D eigenvalue weighted by atomic mass is 10.2. The number of rotatable bonds is 5. The monoisotopic (exact) mass is 525 g/mol. The third-order valence-corrected chi connectivity index (χ3v) is 6.37. The van der Waals surface area contributed by atoms with Crippen LogP contribution in [0.25, 0.3) is 6.08 Å². The number of carbonyl (C=O) groups is 2. The van der Waals surface area contributed by atoms with Crippen molar-refractivity contribution in [2.75, 3.05) is 12.0 Å². The van der Waals surface area contributed by atoms with E-state index in [2.05, 4.69) is 15.9 Å². The largest absolute Gasteiger partial charge is 0.497 e. The summed E-state index contributed by atoms with van der Waals surface area (Å²) in [6, 6.07) is 21.0. The molecule has 160 valence electrons. The van der Waals surface area contributed by atoms with Gasteiger partial charge in [0.1, 0.15) is 11.5 Å². The minimum atomic E-state index is -0.463. The zero-order chi connectivity index (χ0) is 22.7. The molecule has 0 bridgehead atoms. The Morgan fingerprint density at radius 2 is 1.72 bits per heavy atom. The van der Waals surface area contributed by atoms with E-state index >= 15 is 0 Å². The zero-order valence-corrected chi connectivity index (χ0v) is 20.0. The molecule has 0 aromatic heterocycles. The summed E-state index contributed by atoms with van der Waals surface area (Å²) in [4.78, 5) is 27.2. The maximum absolute atomic E-state index is 12.9. The fourth-order valence-corrected chi connectivity index (χ4v) is 4.67. The van der Waals surface area contributed by atoms with Crippen molar-refractivity contribution >= 4 is 67.9 Å². The lowest BCUT2D eigenvalue weighted by molar-refractivity contribution is -0.113. The molecule has 32 heavy (non-hydrogen) atoms. The molecule has 0 saturated carbocycles. The fraction of sp³-hybridized carbons (Fsp3) is 0.0417. The van der Waals surface area contributed by atoms with Gasteiger partial charge in [-0.15, -0.1) is 0 Å². The maximum atomic E-state index is 12.9. The first kappa shape index (κ1) is 22.3. The number of halogens is 1. The summed E-state index contributed by atoms with van der Waals surface area (Å²) in [6.45, 7) is 0. The van der Waals surface area contributed by atoms with Crippen molar-refractivity contribution in [1.82, 2.24) is 0 Å². The van der Waals surface area contributed by atoms with Gasteiger partial charge in [-0.3, -0.25) is 9.69 Å². The summed E-state index contributed by atoms with van der Waals surface area (Å²) in [6.07, 6.45) is 1.77. The van der Waals surface area contributed by atoms with Crippen LogP contribution in [0.3, 0.4) is 0 Å². The van der Waals surface area contributed by atoms with Crippen molar-refractivity contribution < 1.29 is 19.1 Å². The van der Waals surface area contributed by atoms with Crippen molar-refractivity contribution in [3.05, 3.63) is 93.3 Å². The molecular formula is C24H16BrNO4S2. The first-order valence-electron chi connectivity index (χ1n) is 9.44. The minimum Gasteiger partial charge on any atom is -0.497 e. The molecule has 3 aromatic rings. The Hall–Kier alpha value is -2.94. The van der Waals surface area contributed by atoms with E-state index < -0.39 is 5.97 Å². The highest BCUT2D eigenvalue weighted by atomic mass is 79.9. The molecule has 0 atom stereocenters. The van der Waals surface area contributed by atoms with Crippen molar-refractivity contribution in [2.24, 2.45) is 0 Å². The van der Waals surface area contributed by atoms with Crippen LogP contribution in [0.1, 0.15) is 15.9 Å². The van der Waals surface area contributed by atoms with E-state index in [-0.39, 0.29) is 5.91 Å². The molecule has 1 aliphatic rings. The number of anilines is 1. The topological polar surface area (TPSA) is 55.8 Å². The van der Waals surface area contributed by atoms with Crippen molar-refractivity contribution in [2.45, 2.75) is 0 Å². The van der Waals surface area contributed by atoms with Crippen LogP contribution in [0, 0.1) is 0 Å². The van der Waals surface area contributed by atoms with E-state index in [0.717, 1.165) is 10.0 Å². The van der Waals surface area contributed by atoms with Crippen LogP contribution in [-0.4, -0.2) is 23.3 Å². The highest BCUT2D eigenvalue weighted by Gasteiger charge is 2.33. The number of thiocarbonyl (C=S) groups is 1. The number of ether oxygens (including phenoxy) is 2. The standard InChI is InChI=1S/C24H16BrNO4S2/c1-29-19-11-7-16(8-12-19)23(28)30-20-9-5-15(6-10-20)13-21-22(27)26(24(31)32-21)18-4-2-3-17(25)14-18/h2-14H,1H3/b21-13+. The highest BCUT2D eigenvalue weighted by molar-refractivity contribution is 9.10. The van der Waals surface area contributed by atoms with Crippen molar-refractivity contribution in [3.8, 4) is 11.5 Å². The summed E-state index contributed by atoms with van der Waals surface area (Å²) < 4.78 is 11.9. The first-order valence-corrected chi connectivity index (χ1v) is 11.5. The Balaban J connectivity index is 1.46. The number of hydrogen-bond donors (Lipinski definition) is 0. The smallest absolute Gasteiger partial charge is 0.343 e. The molecule has 1 amide bonds. The van der Waals surface area contributed by atoms with Gasteiger partial charge in [0.2, 0.25) is 0 Å². The van der Waals surface area contributed by atoms with E-state index in [4.69, 9.17) is 21.7 Å². The lowest BCUT2D eigenvalue weighted by Crippen LogP contribution is -2.27. The molecule has 4 rings (SSSR count). The Labute approximate surface area is 203 Å². The molecule has 0 spiro atoms. The first-order chi connectivity index (χ1) is 15.4. The number of hydrogen-bond acceptors (Lipinski definition) is 6. The van der Waals surface area contributed by atoms with Gasteiger partial charge >= 0.3 is 5.97 Å². The fourth-order valence-electron chi connectivity index (χ4n) is 2.98. The second kappa shape index (κ2) is 9.68. The van der Waals surface area contributed by atoms with Gasteiger partial charge in [-0.05, 0) is 66.2 Å². The molecule has 0 aliphatic carbocycles. The molecule has 3 aromatic carbocycles. The third kappa shape index (κ3) is 4.93. The second-order valence-electron chi connectivity index (χ2n) is 6.68. The minimum absolute atomic E-state index is 0.173. The number of methoxy groups -OCH3 is 1. The summed E-state index contributed by atoms with van der Waals surface area (Å²) in [5.74, 6) is 0.435. The van der Waals surface area contributed by atoms with E-state index in [9.17, 15) is 9.59 Å². The Kier molecular flexibility index (Phi) is 6.74. The van der Waals surface area contributed by atoms with Crippen LogP contribution in [0.15, 0.2) is 82.2 Å². The molecule has 1 fully saturated rings. The molecule has 0 N–H and O–H groups in total. The van der Waals surface area contributed by atoms with Crippen LogP contribution in [0.5, 0.6) is 11.5 Å². The Morgan fingerprint density at radius 3 is 2.38 bits per heavy atom. The maximum Gasteiger partial charge on any atom is 0.343 e. The van der Waals surface area contributed by atoms with E-state index in [0.29, 0.717) is 32.0 Å². The van der Waals surface area contributed by atoms with Gasteiger partial charge in [-0.1, -0.05) is 58.1 Å². The van der Waals surface area contributed by atoms with Gasteiger partial charge in [0, 0.05) is 4.47 Å². The van der Waals surface area contributed by atoms with Crippen LogP contribution >= 0.6 is 39.9 Å². The van der Waals surface area contributed by atoms with Gasteiger partial charge in [0.05, 0.1) is 23.3 Å². The molecular weight excluding hydrogens is 510 g/mol. The second-order valence-corrected chi connectivity index (χ2v) is 9.28. The molecule has 1 aliphatic heterocycles. The Morgan fingerprint density at radius 1 is 1.03 bits per heavy atom. The van der Waals surface area contributed by atoms with Crippen LogP contribution in [0.2, 0.25) is 0 Å². The van der Waals surface area contributed by atoms with Crippen LogP contribution in [0.4, 0.5) is 5.69 Å². The number of amides is 1. The van der Waals surface area contributed by atoms with Crippen LogP contribution < -0.4 is 14.4 Å². The van der Waals surface area contributed by atoms with E-state index in [1.165, 1.54) is 16.7 Å². The predicted molar refractivity (Wildman–Crippen MR) is 134 cm³/mol. The molecule has 1 saturated heterocycles. The van der Waals surface area contributed by atoms with E-state index in [1.54, 1.807) is 61.7 Å². The molecule has 0 unspecified atom stereocenters. The average molecular weight is 526 g/mol. The molecule has 5 nitrogen and oxygen atoms in total. The molecule has 1 heterocycles. The number of thioether (sulfide) groups is 1. The number of carbonyl (C=O) groups excluding carboxylic acids is 2. The van der Waals surface area contributed by atoms with E-state index in [1.807, 2.05) is 24.3 Å². The summed E-state index contributed by atoms with van der Waals surface area (Å²) >= 11 is 10.1. The van der Waals surface area contributed by atoms with Gasteiger partial charge < -0.3 is 9.47 Å². The predicted octanol–water partition coefficient (Wildman–Crippen LogP) is 6.08. The molecule has 8 heteroatoms. The van der Waals surface area contributed by atoms with Crippen molar-refractivity contribution in [1.29, 1.82) is 0 Å². The summed E-state index contributed by atoms with van der Waals surface area (Å²) in [7, 11) is 1.56. The summed E-state index contributed by atoms with van der Waals surface area (Å²) in [5, 5.41) is 0. The van der Waals surface area contributed by atoms with Gasteiger partial charge in [0.15, 0.2) is 4.32 Å². The Bertz CT molecular complexity index is 1220. The van der Waals surface area contributed by atoms with Crippen LogP contribution in [-0.2, 0) is 4.79 Å². The van der Waals surface area contributed by atoms with Gasteiger partial charge in [-0.2, -0.15) is 0 Å². The number of esters is 1. The third-order valence-electron chi connectivity index (χ3n) is 4.57. The SMILES string of the molecule is COc1ccc(C(=O)Oc2ccc(/C=C3/SC(=S)N(c4cccc(Br)c4)C3=O)cc2)cc1. The number of benzene rings is 3. The quantitative estimate of drug-likeness (QED) is 0.174. The normalized spacial score (nSPS) is 14.7. The van der Waals surface area contributed by atoms with Crippen molar-refractivity contribution in [3.63, 3.8) is 0 Å². The summed E-state index contributed by atoms with van der Waals surface area (Å²) in [5.41, 5.74) is 1.93. The highest BCUT2D eigenvalue weighted by Crippen LogP contribution is 2.36. The molecule has 0 radical (unpaired) electrons. The average Bonchev–Trinajstić information content (AvgIpc) is 3.07. The van der Waals surface area contributed by atoms with Gasteiger partial charge in [0.25, 0.3) is 5.91 Å². The van der Waals surface area contributed by atoms with Gasteiger partial charge in [-0.25, -0.2) is 4.79 Å². The zero-order valence-electron chi connectivity index (χ0n) is 16.8.